The number of nitrogens with zero attached hydrogens (tertiary/aromatic N) is 4. The average molecular weight is 608 g/mol. The Bertz CT molecular complexity index is 1730. The fourth-order valence-electron chi connectivity index (χ4n) is 5.44. The van der Waals surface area contributed by atoms with E-state index in [0.717, 1.165) is 60.4 Å². The quantitative estimate of drug-likeness (QED) is 0.202. The van der Waals surface area contributed by atoms with Crippen LogP contribution in [0.1, 0.15) is 36.0 Å². The molecule has 0 unspecified atom stereocenters. The minimum Gasteiger partial charge on any atom is -0.372 e. The lowest BCUT2D eigenvalue weighted by Crippen LogP contribution is -2.29. The number of benzene rings is 3. The van der Waals surface area contributed by atoms with Crippen molar-refractivity contribution in [2.24, 2.45) is 0 Å². The standard InChI is InChI=1S/C32H25ClF3N5.ClH/c33-18-20-4-6-22(7-5-20)29-26(19-37)27(21-10-14-25(15-11-21)41-16-2-1-3-17-41)28-30(39-40-31(28)38-29)23-8-12-24(13-9-23)32(34,35)36;/h4-15H,1-3,16-18H2,(H,38,39,40);1H. The number of halogens is 5. The SMILES string of the molecule is Cl.N#Cc1c(-c2ccc(CCl)cc2)nc2n[nH]c(-c3ccc(C(F)(F)F)cc3)c2c1-c1ccc(N2CCCCC2)cc1. The molecule has 0 spiro atoms. The zero-order chi connectivity index (χ0) is 28.6. The molecule has 214 valence electrons. The predicted octanol–water partition coefficient (Wildman–Crippen LogP) is 9.00. The molecule has 1 saturated heterocycles. The van der Waals surface area contributed by atoms with Crippen LogP contribution < -0.4 is 4.90 Å². The Morgan fingerprint density at radius 1 is 0.857 bits per heavy atom. The molecule has 0 atom stereocenters. The number of hydrogen-bond donors (Lipinski definition) is 1. The summed E-state index contributed by atoms with van der Waals surface area (Å²) in [5.41, 5.74) is 5.68. The molecule has 3 heterocycles. The number of pyridine rings is 1. The highest BCUT2D eigenvalue weighted by atomic mass is 35.5. The summed E-state index contributed by atoms with van der Waals surface area (Å²) in [5.74, 6) is 0.363. The van der Waals surface area contributed by atoms with E-state index in [0.29, 0.717) is 45.0 Å². The first-order valence-electron chi connectivity index (χ1n) is 13.4. The average Bonchev–Trinajstić information content (AvgIpc) is 3.44. The largest absolute Gasteiger partial charge is 0.416 e. The lowest BCUT2D eigenvalue weighted by atomic mass is 9.91. The molecule has 3 aromatic carbocycles. The Morgan fingerprint density at radius 3 is 2.07 bits per heavy atom. The second-order valence-corrected chi connectivity index (χ2v) is 10.4. The van der Waals surface area contributed by atoms with Gasteiger partial charge in [0.05, 0.1) is 27.9 Å². The summed E-state index contributed by atoms with van der Waals surface area (Å²) < 4.78 is 39.7. The third-order valence-electron chi connectivity index (χ3n) is 7.57. The molecular weight excluding hydrogens is 582 g/mol. The molecule has 0 saturated carbocycles. The summed E-state index contributed by atoms with van der Waals surface area (Å²) in [5, 5.41) is 18.5. The monoisotopic (exact) mass is 607 g/mol. The maximum Gasteiger partial charge on any atom is 0.416 e. The van der Waals surface area contributed by atoms with Gasteiger partial charge in [0.25, 0.3) is 0 Å². The van der Waals surface area contributed by atoms with Gasteiger partial charge in [-0.05, 0) is 54.7 Å². The van der Waals surface area contributed by atoms with E-state index in [9.17, 15) is 18.4 Å². The van der Waals surface area contributed by atoms with Crippen LogP contribution in [0.5, 0.6) is 0 Å². The molecule has 5 nitrogen and oxygen atoms in total. The highest BCUT2D eigenvalue weighted by molar-refractivity contribution is 6.17. The molecule has 0 radical (unpaired) electrons. The van der Waals surface area contributed by atoms with Crippen molar-refractivity contribution in [1.29, 1.82) is 5.26 Å². The van der Waals surface area contributed by atoms with Gasteiger partial charge in [-0.15, -0.1) is 24.0 Å². The Labute approximate surface area is 252 Å². The van der Waals surface area contributed by atoms with Crippen LogP contribution in [-0.2, 0) is 12.1 Å². The lowest BCUT2D eigenvalue weighted by molar-refractivity contribution is -0.137. The van der Waals surface area contributed by atoms with Crippen LogP contribution in [-0.4, -0.2) is 28.3 Å². The van der Waals surface area contributed by atoms with Gasteiger partial charge in [0.1, 0.15) is 6.07 Å². The zero-order valence-corrected chi connectivity index (χ0v) is 24.0. The zero-order valence-electron chi connectivity index (χ0n) is 22.4. The fraction of sp³-hybridized carbons (Fsp3) is 0.219. The summed E-state index contributed by atoms with van der Waals surface area (Å²) >= 11 is 5.98. The van der Waals surface area contributed by atoms with Crippen LogP contribution in [0.4, 0.5) is 18.9 Å². The van der Waals surface area contributed by atoms with Gasteiger partial charge in [0.2, 0.25) is 0 Å². The van der Waals surface area contributed by atoms with Crippen molar-refractivity contribution in [2.45, 2.75) is 31.3 Å². The number of aromatic amines is 1. The van der Waals surface area contributed by atoms with Crippen molar-refractivity contribution in [3.8, 4) is 39.7 Å². The van der Waals surface area contributed by atoms with Crippen molar-refractivity contribution in [2.75, 3.05) is 18.0 Å². The number of anilines is 1. The normalized spacial score (nSPS) is 13.5. The molecule has 1 aliphatic rings. The summed E-state index contributed by atoms with van der Waals surface area (Å²) in [7, 11) is 0. The number of piperidine rings is 1. The van der Waals surface area contributed by atoms with E-state index in [-0.39, 0.29) is 12.4 Å². The lowest BCUT2D eigenvalue weighted by Gasteiger charge is -2.29. The molecule has 2 aromatic heterocycles. The number of rotatable bonds is 5. The van der Waals surface area contributed by atoms with E-state index >= 15 is 0 Å². The van der Waals surface area contributed by atoms with Gasteiger partial charge < -0.3 is 4.90 Å². The minimum absolute atomic E-state index is 0. The third kappa shape index (κ3) is 5.55. The molecular formula is C32H26Cl2F3N5. The van der Waals surface area contributed by atoms with Crippen molar-refractivity contribution in [3.05, 3.63) is 89.5 Å². The number of nitrogens with one attached hydrogen (secondary N) is 1. The summed E-state index contributed by atoms with van der Waals surface area (Å²) in [4.78, 5) is 7.12. The topological polar surface area (TPSA) is 68.6 Å². The summed E-state index contributed by atoms with van der Waals surface area (Å²) in [6.45, 7) is 2.01. The van der Waals surface area contributed by atoms with E-state index in [2.05, 4.69) is 33.3 Å². The summed E-state index contributed by atoms with van der Waals surface area (Å²) in [6.07, 6.45) is -0.901. The number of alkyl halides is 4. The number of nitriles is 1. The van der Waals surface area contributed by atoms with Gasteiger partial charge in [-0.1, -0.05) is 48.5 Å². The molecule has 0 bridgehead atoms. The van der Waals surface area contributed by atoms with Gasteiger partial charge >= 0.3 is 6.18 Å². The second kappa shape index (κ2) is 12.0. The van der Waals surface area contributed by atoms with Crippen molar-refractivity contribution < 1.29 is 13.2 Å². The highest BCUT2D eigenvalue weighted by Gasteiger charge is 2.30. The molecule has 6 rings (SSSR count). The number of hydrogen-bond acceptors (Lipinski definition) is 4. The molecule has 0 amide bonds. The molecule has 1 fully saturated rings. The van der Waals surface area contributed by atoms with E-state index in [1.54, 1.807) is 0 Å². The van der Waals surface area contributed by atoms with Crippen molar-refractivity contribution >= 4 is 40.7 Å². The predicted molar refractivity (Wildman–Crippen MR) is 163 cm³/mol. The van der Waals surface area contributed by atoms with Crippen LogP contribution >= 0.6 is 24.0 Å². The number of aromatic nitrogens is 3. The van der Waals surface area contributed by atoms with Gasteiger partial charge in [-0.3, -0.25) is 5.10 Å². The molecule has 10 heteroatoms. The van der Waals surface area contributed by atoms with E-state index in [4.69, 9.17) is 16.6 Å². The van der Waals surface area contributed by atoms with E-state index in [1.807, 2.05) is 36.4 Å². The maximum absolute atomic E-state index is 13.2. The van der Waals surface area contributed by atoms with Gasteiger partial charge in [0.15, 0.2) is 5.65 Å². The number of H-pyrrole nitrogens is 1. The number of fused-ring (bicyclic) bond motifs is 1. The Morgan fingerprint density at radius 2 is 1.48 bits per heavy atom. The molecule has 42 heavy (non-hydrogen) atoms. The maximum atomic E-state index is 13.2. The van der Waals surface area contributed by atoms with Crippen LogP contribution in [0.15, 0.2) is 72.8 Å². The van der Waals surface area contributed by atoms with E-state index in [1.165, 1.54) is 18.6 Å². The Hall–Kier alpha value is -4.06. The first-order chi connectivity index (χ1) is 19.9. The van der Waals surface area contributed by atoms with Crippen molar-refractivity contribution in [1.82, 2.24) is 15.2 Å². The molecule has 1 aliphatic heterocycles. The van der Waals surface area contributed by atoms with Crippen LogP contribution in [0.25, 0.3) is 44.7 Å². The second-order valence-electron chi connectivity index (χ2n) is 10.1. The van der Waals surface area contributed by atoms with Crippen LogP contribution in [0.2, 0.25) is 0 Å². The third-order valence-corrected chi connectivity index (χ3v) is 7.88. The van der Waals surface area contributed by atoms with Gasteiger partial charge in [0, 0.05) is 41.3 Å². The van der Waals surface area contributed by atoms with Crippen molar-refractivity contribution in [3.63, 3.8) is 0 Å². The molecule has 1 N–H and O–H groups in total. The Balaban J connectivity index is 0.00000353. The molecule has 0 aliphatic carbocycles. The summed E-state index contributed by atoms with van der Waals surface area (Å²) in [6, 6.07) is 22.9. The van der Waals surface area contributed by atoms with Crippen LogP contribution in [0.3, 0.4) is 0 Å². The smallest absolute Gasteiger partial charge is 0.372 e. The first-order valence-corrected chi connectivity index (χ1v) is 13.9. The minimum atomic E-state index is -4.45. The highest BCUT2D eigenvalue weighted by Crippen LogP contribution is 2.41. The van der Waals surface area contributed by atoms with E-state index < -0.39 is 11.7 Å². The first kappa shape index (κ1) is 29.4. The van der Waals surface area contributed by atoms with Crippen LogP contribution in [0, 0.1) is 11.3 Å². The van der Waals surface area contributed by atoms with Gasteiger partial charge in [-0.25, -0.2) is 4.98 Å². The molecule has 5 aromatic rings. The van der Waals surface area contributed by atoms with Gasteiger partial charge in [-0.2, -0.15) is 23.5 Å². The fourth-order valence-corrected chi connectivity index (χ4v) is 5.62. The Kier molecular flexibility index (Phi) is 8.44.